The number of hydrogen-bond acceptors (Lipinski definition) is 5. The lowest BCUT2D eigenvalue weighted by Gasteiger charge is -2.24. The molecule has 1 rings (SSSR count). The summed E-state index contributed by atoms with van der Waals surface area (Å²) in [5.41, 5.74) is 0.00379. The summed E-state index contributed by atoms with van der Waals surface area (Å²) in [6.45, 7) is 10.6. The Kier molecular flexibility index (Phi) is 7.39. The zero-order valence-electron chi connectivity index (χ0n) is 12.9. The van der Waals surface area contributed by atoms with Crippen LogP contribution in [0.15, 0.2) is 12.1 Å². The summed E-state index contributed by atoms with van der Waals surface area (Å²) < 4.78 is 0. The maximum absolute atomic E-state index is 11.1. The van der Waals surface area contributed by atoms with Gasteiger partial charge in [-0.05, 0) is 39.0 Å². The highest BCUT2D eigenvalue weighted by atomic mass is 35.5. The summed E-state index contributed by atoms with van der Waals surface area (Å²) in [7, 11) is 0. The number of anilines is 1. The normalized spacial score (nSPS) is 10.9. The minimum Gasteiger partial charge on any atom is -0.351 e. The third-order valence-corrected chi connectivity index (χ3v) is 3.71. The van der Waals surface area contributed by atoms with Crippen LogP contribution < -0.4 is 4.90 Å². The third kappa shape index (κ3) is 5.13. The Bertz CT molecular complexity index is 466. The molecule has 118 valence electrons. The van der Waals surface area contributed by atoms with E-state index in [9.17, 15) is 10.1 Å². The number of hydrogen-bond donors (Lipinski definition) is 0. The topological polar surface area (TPSA) is 62.5 Å². The van der Waals surface area contributed by atoms with E-state index in [0.717, 1.165) is 32.6 Å². The van der Waals surface area contributed by atoms with E-state index in [1.807, 2.05) is 11.8 Å². The fraction of sp³-hybridized carbons (Fsp3) is 0.643. The van der Waals surface area contributed by atoms with Crippen molar-refractivity contribution in [3.8, 4) is 0 Å². The molecule has 0 aliphatic heterocycles. The number of nitro groups is 1. The van der Waals surface area contributed by atoms with Gasteiger partial charge >= 0.3 is 5.69 Å². The average Bonchev–Trinajstić information content (AvgIpc) is 2.47. The molecule has 0 aromatic carbocycles. The summed E-state index contributed by atoms with van der Waals surface area (Å²) >= 11 is 5.88. The van der Waals surface area contributed by atoms with Crippen LogP contribution in [0.5, 0.6) is 0 Å². The monoisotopic (exact) mass is 314 g/mol. The maximum atomic E-state index is 11.1. The van der Waals surface area contributed by atoms with Gasteiger partial charge in [0, 0.05) is 19.2 Å². The molecule has 0 spiro atoms. The molecule has 1 aromatic rings. The molecule has 0 N–H and O–H groups in total. The molecule has 7 heteroatoms. The number of rotatable bonds is 9. The number of aromatic nitrogens is 1. The SMILES string of the molecule is CCN(CC)CCCN(CC)c1nc(Cl)ccc1[N+](=O)[O-]. The van der Waals surface area contributed by atoms with E-state index in [2.05, 4.69) is 23.7 Å². The van der Waals surface area contributed by atoms with Gasteiger partial charge in [0.15, 0.2) is 0 Å². The van der Waals surface area contributed by atoms with Crippen LogP contribution in [0.25, 0.3) is 0 Å². The lowest BCUT2D eigenvalue weighted by Crippen LogP contribution is -2.30. The third-order valence-electron chi connectivity index (χ3n) is 3.50. The molecule has 0 aliphatic rings. The van der Waals surface area contributed by atoms with E-state index in [-0.39, 0.29) is 10.8 Å². The highest BCUT2D eigenvalue weighted by Crippen LogP contribution is 2.27. The van der Waals surface area contributed by atoms with E-state index in [1.165, 1.54) is 12.1 Å². The molecule has 6 nitrogen and oxygen atoms in total. The van der Waals surface area contributed by atoms with Gasteiger partial charge < -0.3 is 9.80 Å². The first-order chi connectivity index (χ1) is 10.0. The van der Waals surface area contributed by atoms with Crippen molar-refractivity contribution in [2.75, 3.05) is 37.6 Å². The summed E-state index contributed by atoms with van der Waals surface area (Å²) in [5, 5.41) is 11.4. The smallest absolute Gasteiger partial charge is 0.311 e. The quantitative estimate of drug-likeness (QED) is 0.398. The molecule has 21 heavy (non-hydrogen) atoms. The Hall–Kier alpha value is -1.40. The first-order valence-corrected chi connectivity index (χ1v) is 7.69. The molecule has 1 aromatic heterocycles. The molecule has 0 saturated carbocycles. The van der Waals surface area contributed by atoms with Crippen LogP contribution in [0.1, 0.15) is 27.2 Å². The average molecular weight is 315 g/mol. The first-order valence-electron chi connectivity index (χ1n) is 7.31. The van der Waals surface area contributed by atoms with E-state index in [0.29, 0.717) is 12.4 Å². The van der Waals surface area contributed by atoms with Crippen molar-refractivity contribution < 1.29 is 4.92 Å². The van der Waals surface area contributed by atoms with Crippen molar-refractivity contribution in [3.63, 3.8) is 0 Å². The Morgan fingerprint density at radius 3 is 2.38 bits per heavy atom. The van der Waals surface area contributed by atoms with Gasteiger partial charge in [-0.3, -0.25) is 10.1 Å². The molecule has 1 heterocycles. The van der Waals surface area contributed by atoms with Gasteiger partial charge in [0.1, 0.15) is 5.15 Å². The summed E-state index contributed by atoms with van der Waals surface area (Å²) in [4.78, 5) is 19.1. The fourth-order valence-electron chi connectivity index (χ4n) is 2.23. The second-order valence-electron chi connectivity index (χ2n) is 4.69. The molecule has 0 amide bonds. The highest BCUT2D eigenvalue weighted by molar-refractivity contribution is 6.29. The predicted octanol–water partition coefficient (Wildman–Crippen LogP) is 3.20. The Morgan fingerprint density at radius 1 is 1.19 bits per heavy atom. The molecule has 0 bridgehead atoms. The predicted molar refractivity (Wildman–Crippen MR) is 86.2 cm³/mol. The lowest BCUT2D eigenvalue weighted by atomic mass is 10.3. The van der Waals surface area contributed by atoms with Gasteiger partial charge in [-0.1, -0.05) is 25.4 Å². The fourth-order valence-corrected chi connectivity index (χ4v) is 2.38. The van der Waals surface area contributed by atoms with Crippen molar-refractivity contribution in [3.05, 3.63) is 27.4 Å². The molecule has 0 saturated heterocycles. The van der Waals surface area contributed by atoms with E-state index in [1.54, 1.807) is 0 Å². The number of halogens is 1. The largest absolute Gasteiger partial charge is 0.351 e. The van der Waals surface area contributed by atoms with Gasteiger partial charge in [0.05, 0.1) is 4.92 Å². The van der Waals surface area contributed by atoms with Gasteiger partial charge in [0.2, 0.25) is 5.82 Å². The minimum absolute atomic E-state index is 0.00379. The summed E-state index contributed by atoms with van der Waals surface area (Å²) in [6, 6.07) is 2.87. The van der Waals surface area contributed by atoms with Crippen LogP contribution in [0.2, 0.25) is 5.15 Å². The van der Waals surface area contributed by atoms with Crippen LogP contribution in [-0.4, -0.2) is 47.5 Å². The number of pyridine rings is 1. The maximum Gasteiger partial charge on any atom is 0.311 e. The molecule has 0 fully saturated rings. The zero-order chi connectivity index (χ0) is 15.8. The highest BCUT2D eigenvalue weighted by Gasteiger charge is 2.20. The van der Waals surface area contributed by atoms with E-state index in [4.69, 9.17) is 11.6 Å². The first kappa shape index (κ1) is 17.7. The van der Waals surface area contributed by atoms with E-state index >= 15 is 0 Å². The molecule has 0 atom stereocenters. The van der Waals surface area contributed by atoms with Crippen molar-refractivity contribution in [2.45, 2.75) is 27.2 Å². The van der Waals surface area contributed by atoms with Crippen LogP contribution in [0.4, 0.5) is 11.5 Å². The molecular formula is C14H23ClN4O2. The van der Waals surface area contributed by atoms with Crippen LogP contribution in [0.3, 0.4) is 0 Å². The Balaban J connectivity index is 2.80. The minimum atomic E-state index is -0.411. The van der Waals surface area contributed by atoms with Crippen LogP contribution in [0, 0.1) is 10.1 Å². The second kappa shape index (κ2) is 8.79. The Morgan fingerprint density at radius 2 is 1.86 bits per heavy atom. The van der Waals surface area contributed by atoms with Crippen molar-refractivity contribution in [2.24, 2.45) is 0 Å². The Labute approximate surface area is 130 Å². The summed E-state index contributed by atoms with van der Waals surface area (Å²) in [6.07, 6.45) is 0.931. The van der Waals surface area contributed by atoms with Gasteiger partial charge in [-0.2, -0.15) is 0 Å². The van der Waals surface area contributed by atoms with Crippen LogP contribution in [-0.2, 0) is 0 Å². The lowest BCUT2D eigenvalue weighted by molar-refractivity contribution is -0.384. The van der Waals surface area contributed by atoms with Gasteiger partial charge in [-0.25, -0.2) is 4.98 Å². The molecule has 0 unspecified atom stereocenters. The van der Waals surface area contributed by atoms with Gasteiger partial charge in [-0.15, -0.1) is 0 Å². The second-order valence-corrected chi connectivity index (χ2v) is 5.08. The molecule has 0 aliphatic carbocycles. The molecular weight excluding hydrogens is 292 g/mol. The zero-order valence-corrected chi connectivity index (χ0v) is 13.6. The van der Waals surface area contributed by atoms with Crippen molar-refractivity contribution >= 4 is 23.1 Å². The standard InChI is InChI=1S/C14H23ClN4O2/c1-4-17(5-2)10-7-11-18(6-3)14-12(19(20)21)8-9-13(15)16-14/h8-9H,4-7,10-11H2,1-3H3. The summed E-state index contributed by atoms with van der Waals surface area (Å²) in [5.74, 6) is 0.356. The van der Waals surface area contributed by atoms with Crippen molar-refractivity contribution in [1.29, 1.82) is 0 Å². The van der Waals surface area contributed by atoms with Gasteiger partial charge in [0.25, 0.3) is 0 Å². The van der Waals surface area contributed by atoms with Crippen LogP contribution >= 0.6 is 11.6 Å². The van der Waals surface area contributed by atoms with Crippen molar-refractivity contribution in [1.82, 2.24) is 9.88 Å². The van der Waals surface area contributed by atoms with E-state index < -0.39 is 4.92 Å². The molecule has 0 radical (unpaired) electrons. The number of nitrogens with zero attached hydrogens (tertiary/aromatic N) is 4.